The molecule has 0 radical (unpaired) electrons. The molecule has 0 aliphatic heterocycles. The summed E-state index contributed by atoms with van der Waals surface area (Å²) in [5.74, 6) is -0.940. The number of phosphoric ester groups is 1. The smallest absolute Gasteiger partial charge is 0.462 e. The number of hydrogen-bond donors (Lipinski definition) is 2. The lowest BCUT2D eigenvalue weighted by atomic mass is 10.0. The Labute approximate surface area is 285 Å². The number of carbonyl (C=O) groups is 3. The minimum atomic E-state index is -4.40. The molecule has 3 atom stereocenters. The zero-order valence-electron chi connectivity index (χ0n) is 29.9. The number of carbonyl (C=O) groups excluding carboxylic acids is 3. The number of esters is 2. The maximum absolute atomic E-state index is 12.5. The lowest BCUT2D eigenvalue weighted by molar-refractivity contribution is -0.870. The molecule has 2 unspecified atom stereocenters. The fourth-order valence-corrected chi connectivity index (χ4v) is 5.54. The number of phosphoric acid groups is 1. The van der Waals surface area contributed by atoms with E-state index in [0.717, 1.165) is 32.1 Å². The Balaban J connectivity index is 4.48. The molecule has 0 heterocycles. The fourth-order valence-electron chi connectivity index (χ4n) is 4.80. The van der Waals surface area contributed by atoms with Crippen LogP contribution in [0.1, 0.15) is 135 Å². The second-order valence-electron chi connectivity index (χ2n) is 13.4. The van der Waals surface area contributed by atoms with E-state index in [1.165, 1.54) is 76.4 Å². The Morgan fingerprint density at radius 3 is 1.79 bits per heavy atom. The van der Waals surface area contributed by atoms with Crippen LogP contribution < -0.4 is 0 Å². The monoisotopic (exact) mass is 692 g/mol. The summed E-state index contributed by atoms with van der Waals surface area (Å²) in [6.07, 6.45) is 21.0. The normalized spacial score (nSPS) is 14.5. The molecule has 12 heteroatoms. The Morgan fingerprint density at radius 2 is 1.26 bits per heavy atom. The van der Waals surface area contributed by atoms with Crippen molar-refractivity contribution in [2.24, 2.45) is 0 Å². The molecule has 11 nitrogen and oxygen atoms in total. The summed E-state index contributed by atoms with van der Waals surface area (Å²) in [7, 11) is 1.36. The first kappa shape index (κ1) is 45.4. The number of unbranched alkanes of at least 4 members (excludes halogenated alkanes) is 15. The van der Waals surface area contributed by atoms with Crippen molar-refractivity contribution in [1.29, 1.82) is 0 Å². The minimum absolute atomic E-state index is 0.000243. The number of nitrogens with zero attached hydrogens (tertiary/aromatic N) is 1. The van der Waals surface area contributed by atoms with Crippen LogP contribution >= 0.6 is 7.82 Å². The van der Waals surface area contributed by atoms with Gasteiger partial charge in [0.25, 0.3) is 0 Å². The van der Waals surface area contributed by atoms with Gasteiger partial charge in [-0.25, -0.2) is 4.57 Å². The van der Waals surface area contributed by atoms with Gasteiger partial charge in [-0.05, 0) is 25.3 Å². The van der Waals surface area contributed by atoms with Crippen LogP contribution in [0.25, 0.3) is 0 Å². The van der Waals surface area contributed by atoms with Crippen LogP contribution in [0.5, 0.6) is 0 Å². The Bertz CT molecular complexity index is 877. The van der Waals surface area contributed by atoms with Crippen molar-refractivity contribution in [2.75, 3.05) is 47.5 Å². The molecule has 0 rings (SSSR count). The summed E-state index contributed by atoms with van der Waals surface area (Å²) >= 11 is 0. The standard InChI is InChI=1S/C35H66NO10P/c1-5-6-7-8-9-10-11-12-13-14-15-16-20-25-34(39)43-30-33(31-45-47(41,42)44-29-27-36(2,3)4)46-35(40)26-21-18-17-19-23-32(38)24-22-28-37/h22,24,28,32-33,38H,5-21,23,25-27,29-31H2,1-4H3/p+1/t32?,33-/m1/s1. The number of likely N-dealkylation sites (N-methyl/N-ethyl adjacent to an activating group) is 1. The molecular weight excluding hydrogens is 625 g/mol. The van der Waals surface area contributed by atoms with E-state index >= 15 is 0 Å². The van der Waals surface area contributed by atoms with Gasteiger partial charge in [-0.1, -0.05) is 109 Å². The number of aliphatic hydroxyl groups excluding tert-OH is 1. The molecule has 2 N–H and O–H groups in total. The van der Waals surface area contributed by atoms with Crippen molar-refractivity contribution in [3.8, 4) is 0 Å². The predicted molar refractivity (Wildman–Crippen MR) is 185 cm³/mol. The predicted octanol–water partition coefficient (Wildman–Crippen LogP) is 7.22. The van der Waals surface area contributed by atoms with Crippen LogP contribution in [0.2, 0.25) is 0 Å². The molecule has 0 aliphatic carbocycles. The summed E-state index contributed by atoms with van der Waals surface area (Å²) in [6.45, 7) is 1.98. The molecule has 0 aliphatic rings. The van der Waals surface area contributed by atoms with Crippen LogP contribution in [0.3, 0.4) is 0 Å². The van der Waals surface area contributed by atoms with Gasteiger partial charge in [0.05, 0.1) is 33.9 Å². The highest BCUT2D eigenvalue weighted by molar-refractivity contribution is 7.47. The Hall–Kier alpha value is -1.62. The third-order valence-corrected chi connectivity index (χ3v) is 8.68. The summed E-state index contributed by atoms with van der Waals surface area (Å²) < 4.78 is 33.8. The van der Waals surface area contributed by atoms with Crippen LogP contribution in [0, 0.1) is 0 Å². The van der Waals surface area contributed by atoms with Crippen LogP contribution in [-0.4, -0.2) is 92.4 Å². The Kier molecular flexibility index (Phi) is 28.3. The molecule has 0 saturated heterocycles. The largest absolute Gasteiger partial charge is 0.472 e. The minimum Gasteiger partial charge on any atom is -0.462 e. The van der Waals surface area contributed by atoms with Gasteiger partial charge in [0, 0.05) is 12.8 Å². The summed E-state index contributed by atoms with van der Waals surface area (Å²) in [6, 6.07) is 0. The van der Waals surface area contributed by atoms with E-state index in [4.69, 9.17) is 18.5 Å². The topological polar surface area (TPSA) is 146 Å². The average Bonchev–Trinajstić information content (AvgIpc) is 3.00. The van der Waals surface area contributed by atoms with Crippen molar-refractivity contribution in [3.05, 3.63) is 12.2 Å². The quantitative estimate of drug-likeness (QED) is 0.0181. The molecule has 0 spiro atoms. The third-order valence-electron chi connectivity index (χ3n) is 7.70. The van der Waals surface area contributed by atoms with Gasteiger partial charge in [-0.15, -0.1) is 0 Å². The molecule has 0 aromatic carbocycles. The van der Waals surface area contributed by atoms with Gasteiger partial charge in [0.2, 0.25) is 0 Å². The lowest BCUT2D eigenvalue weighted by Gasteiger charge is -2.24. The molecule has 0 saturated carbocycles. The SMILES string of the molecule is CCCCCCCCCCCCCCCC(=O)OC[C@H](COP(=O)(O)OCC[N+](C)(C)C)OC(=O)CCCCCCC(O)C=CC=O. The molecule has 0 aromatic heterocycles. The van der Waals surface area contributed by atoms with Crippen molar-refractivity contribution < 1.29 is 52.0 Å². The van der Waals surface area contributed by atoms with Crippen molar-refractivity contribution in [2.45, 2.75) is 148 Å². The average molecular weight is 693 g/mol. The molecule has 0 amide bonds. The summed E-state index contributed by atoms with van der Waals surface area (Å²) in [5, 5.41) is 9.73. The van der Waals surface area contributed by atoms with Gasteiger partial charge in [0.15, 0.2) is 6.10 Å². The highest BCUT2D eigenvalue weighted by Gasteiger charge is 2.27. The maximum atomic E-state index is 12.5. The molecular formula is C35H67NO10P+. The molecule has 0 aromatic rings. The lowest BCUT2D eigenvalue weighted by Crippen LogP contribution is -2.37. The molecule has 0 bridgehead atoms. The van der Waals surface area contributed by atoms with Gasteiger partial charge in [-0.2, -0.15) is 0 Å². The van der Waals surface area contributed by atoms with E-state index in [1.54, 1.807) is 0 Å². The van der Waals surface area contributed by atoms with E-state index in [9.17, 15) is 28.9 Å². The van der Waals surface area contributed by atoms with Crippen molar-refractivity contribution in [1.82, 2.24) is 0 Å². The summed E-state index contributed by atoms with van der Waals surface area (Å²) in [5.41, 5.74) is 0. The van der Waals surface area contributed by atoms with Crippen molar-refractivity contribution in [3.63, 3.8) is 0 Å². The third kappa shape index (κ3) is 32.7. The number of quaternary nitrogens is 1. The Morgan fingerprint density at radius 1 is 0.745 bits per heavy atom. The van der Waals surface area contributed by atoms with Crippen LogP contribution in [-0.2, 0) is 37.5 Å². The summed E-state index contributed by atoms with van der Waals surface area (Å²) in [4.78, 5) is 45.3. The number of allylic oxidation sites excluding steroid dienone is 1. The molecule has 0 fully saturated rings. The van der Waals surface area contributed by atoms with Crippen molar-refractivity contribution >= 4 is 26.0 Å². The number of aliphatic hydroxyl groups is 1. The van der Waals surface area contributed by atoms with E-state index in [-0.39, 0.29) is 26.1 Å². The zero-order chi connectivity index (χ0) is 35.2. The van der Waals surface area contributed by atoms with Gasteiger partial charge in [-0.3, -0.25) is 23.4 Å². The second kappa shape index (κ2) is 29.3. The molecule has 276 valence electrons. The van der Waals surface area contributed by atoms with E-state index in [0.29, 0.717) is 36.6 Å². The number of aldehydes is 1. The van der Waals surface area contributed by atoms with Gasteiger partial charge in [0.1, 0.15) is 26.0 Å². The number of ether oxygens (including phenoxy) is 2. The van der Waals surface area contributed by atoms with Crippen LogP contribution in [0.15, 0.2) is 12.2 Å². The van der Waals surface area contributed by atoms with E-state index < -0.39 is 38.6 Å². The molecule has 47 heavy (non-hydrogen) atoms. The first-order valence-corrected chi connectivity index (χ1v) is 19.5. The number of rotatable bonds is 33. The van der Waals surface area contributed by atoms with Gasteiger partial charge < -0.3 is 24.0 Å². The number of hydrogen-bond acceptors (Lipinski definition) is 9. The first-order valence-electron chi connectivity index (χ1n) is 18.0. The van der Waals surface area contributed by atoms with Gasteiger partial charge >= 0.3 is 19.8 Å². The first-order chi connectivity index (χ1) is 22.4. The highest BCUT2D eigenvalue weighted by Crippen LogP contribution is 2.43. The zero-order valence-corrected chi connectivity index (χ0v) is 30.8. The fraction of sp³-hybridized carbons (Fsp3) is 0.857. The highest BCUT2D eigenvalue weighted by atomic mass is 31.2. The van der Waals surface area contributed by atoms with E-state index in [1.807, 2.05) is 21.1 Å². The maximum Gasteiger partial charge on any atom is 0.472 e. The van der Waals surface area contributed by atoms with Crippen LogP contribution in [0.4, 0.5) is 0 Å². The second-order valence-corrected chi connectivity index (χ2v) is 14.9. The van der Waals surface area contributed by atoms with E-state index in [2.05, 4.69) is 6.92 Å².